The first kappa shape index (κ1) is 11.1. The van der Waals surface area contributed by atoms with Crippen LogP contribution in [0.3, 0.4) is 0 Å². The minimum atomic E-state index is 0.417. The highest BCUT2D eigenvalue weighted by atomic mass is 127. The zero-order valence-electron chi connectivity index (χ0n) is 8.96. The van der Waals surface area contributed by atoms with Gasteiger partial charge in [0, 0.05) is 3.57 Å². The molecular formula is C13H16IN. The molecule has 1 atom stereocenters. The molecule has 1 aliphatic rings. The summed E-state index contributed by atoms with van der Waals surface area (Å²) in [4.78, 5) is 0. The number of benzene rings is 1. The smallest absolute Gasteiger partial charge is 0.0544 e. The van der Waals surface area contributed by atoms with Gasteiger partial charge in [0.05, 0.1) is 6.04 Å². The molecule has 0 radical (unpaired) electrons. The molecule has 2 heteroatoms. The predicted octanol–water partition coefficient (Wildman–Crippen LogP) is 3.66. The molecule has 1 aromatic rings. The van der Waals surface area contributed by atoms with Crippen LogP contribution < -0.4 is 5.32 Å². The molecule has 0 spiro atoms. The third kappa shape index (κ3) is 2.42. The standard InChI is InChI=1S/C13H16IN/c1-15-13(10-6-2-3-7-10)11-8-4-5-9-12(11)14/h4-6,8-9,13,15H,2-3,7H2,1H3. The van der Waals surface area contributed by atoms with Crippen LogP contribution >= 0.6 is 22.6 Å². The van der Waals surface area contributed by atoms with Crippen molar-refractivity contribution in [2.75, 3.05) is 7.05 Å². The van der Waals surface area contributed by atoms with Gasteiger partial charge < -0.3 is 5.32 Å². The molecule has 1 aliphatic carbocycles. The van der Waals surface area contributed by atoms with Crippen LogP contribution in [0.2, 0.25) is 0 Å². The Kier molecular flexibility index (Phi) is 3.81. The number of nitrogens with one attached hydrogen (secondary N) is 1. The van der Waals surface area contributed by atoms with E-state index in [9.17, 15) is 0 Å². The Labute approximate surface area is 105 Å². The van der Waals surface area contributed by atoms with E-state index in [-0.39, 0.29) is 0 Å². The van der Waals surface area contributed by atoms with Crippen LogP contribution in [0.15, 0.2) is 35.9 Å². The SMILES string of the molecule is CNC(C1=CCCC1)c1ccccc1I. The number of rotatable bonds is 3. The topological polar surface area (TPSA) is 12.0 Å². The van der Waals surface area contributed by atoms with Crippen LogP contribution in [0, 0.1) is 3.57 Å². The third-order valence-corrected chi connectivity index (χ3v) is 3.93. The second-order valence-corrected chi connectivity index (χ2v) is 5.08. The molecule has 0 bridgehead atoms. The maximum absolute atomic E-state index is 3.43. The summed E-state index contributed by atoms with van der Waals surface area (Å²) >= 11 is 2.42. The molecule has 80 valence electrons. The average molecular weight is 313 g/mol. The summed E-state index contributed by atoms with van der Waals surface area (Å²) in [5, 5.41) is 3.43. The molecule has 1 unspecified atom stereocenters. The van der Waals surface area contributed by atoms with Gasteiger partial charge in [0.25, 0.3) is 0 Å². The lowest BCUT2D eigenvalue weighted by Gasteiger charge is -2.19. The quantitative estimate of drug-likeness (QED) is 0.663. The molecule has 0 amide bonds. The number of halogens is 1. The van der Waals surface area contributed by atoms with E-state index in [0.29, 0.717) is 6.04 Å². The predicted molar refractivity (Wildman–Crippen MR) is 72.9 cm³/mol. The van der Waals surface area contributed by atoms with E-state index in [0.717, 1.165) is 0 Å². The number of allylic oxidation sites excluding steroid dienone is 1. The van der Waals surface area contributed by atoms with Crippen molar-refractivity contribution in [2.45, 2.75) is 25.3 Å². The fraction of sp³-hybridized carbons (Fsp3) is 0.385. The number of likely N-dealkylation sites (N-methyl/N-ethyl adjacent to an activating group) is 1. The monoisotopic (exact) mass is 313 g/mol. The van der Waals surface area contributed by atoms with Crippen LogP contribution in [0.4, 0.5) is 0 Å². The van der Waals surface area contributed by atoms with Gasteiger partial charge in [0.1, 0.15) is 0 Å². The van der Waals surface area contributed by atoms with E-state index in [1.807, 2.05) is 7.05 Å². The first-order valence-electron chi connectivity index (χ1n) is 5.43. The Morgan fingerprint density at radius 2 is 2.13 bits per heavy atom. The normalized spacial score (nSPS) is 17.6. The lowest BCUT2D eigenvalue weighted by Crippen LogP contribution is -2.19. The maximum atomic E-state index is 3.43. The van der Waals surface area contributed by atoms with Gasteiger partial charge in [0.15, 0.2) is 0 Å². The molecule has 0 fully saturated rings. The van der Waals surface area contributed by atoms with Crippen LogP contribution in [0.5, 0.6) is 0 Å². The minimum Gasteiger partial charge on any atom is -0.310 e. The first-order valence-corrected chi connectivity index (χ1v) is 6.51. The molecule has 15 heavy (non-hydrogen) atoms. The largest absolute Gasteiger partial charge is 0.310 e. The minimum absolute atomic E-state index is 0.417. The van der Waals surface area contributed by atoms with Crippen molar-refractivity contribution in [3.05, 3.63) is 45.0 Å². The fourth-order valence-electron chi connectivity index (χ4n) is 2.21. The van der Waals surface area contributed by atoms with Crippen LogP contribution in [-0.4, -0.2) is 7.05 Å². The summed E-state index contributed by atoms with van der Waals surface area (Å²) < 4.78 is 1.35. The van der Waals surface area contributed by atoms with Crippen molar-refractivity contribution in [1.82, 2.24) is 5.32 Å². The van der Waals surface area contributed by atoms with E-state index in [1.165, 1.54) is 28.4 Å². The Balaban J connectivity index is 2.30. The van der Waals surface area contributed by atoms with Gasteiger partial charge in [-0.3, -0.25) is 0 Å². The zero-order chi connectivity index (χ0) is 10.7. The van der Waals surface area contributed by atoms with Gasteiger partial charge in [-0.1, -0.05) is 29.8 Å². The molecule has 0 saturated heterocycles. The van der Waals surface area contributed by atoms with E-state index in [4.69, 9.17) is 0 Å². The van der Waals surface area contributed by atoms with Crippen molar-refractivity contribution in [1.29, 1.82) is 0 Å². The van der Waals surface area contributed by atoms with Crippen molar-refractivity contribution in [3.63, 3.8) is 0 Å². The first-order chi connectivity index (χ1) is 7.33. The summed E-state index contributed by atoms with van der Waals surface area (Å²) in [6, 6.07) is 9.04. The Morgan fingerprint density at radius 3 is 2.73 bits per heavy atom. The molecule has 1 aromatic carbocycles. The second kappa shape index (κ2) is 5.12. The molecule has 0 saturated carbocycles. The molecule has 2 rings (SSSR count). The molecule has 0 heterocycles. The van der Waals surface area contributed by atoms with E-state index in [1.54, 1.807) is 5.57 Å². The van der Waals surface area contributed by atoms with Gasteiger partial charge in [-0.15, -0.1) is 0 Å². The second-order valence-electron chi connectivity index (χ2n) is 3.91. The van der Waals surface area contributed by atoms with Crippen LogP contribution in [-0.2, 0) is 0 Å². The third-order valence-electron chi connectivity index (χ3n) is 2.95. The highest BCUT2D eigenvalue weighted by Crippen LogP contribution is 2.32. The van der Waals surface area contributed by atoms with Gasteiger partial charge >= 0.3 is 0 Å². The average Bonchev–Trinajstić information content (AvgIpc) is 2.75. The highest BCUT2D eigenvalue weighted by Gasteiger charge is 2.18. The van der Waals surface area contributed by atoms with Crippen molar-refractivity contribution in [3.8, 4) is 0 Å². The van der Waals surface area contributed by atoms with Crippen molar-refractivity contribution < 1.29 is 0 Å². The van der Waals surface area contributed by atoms with Crippen LogP contribution in [0.25, 0.3) is 0 Å². The molecular weight excluding hydrogens is 297 g/mol. The number of hydrogen-bond acceptors (Lipinski definition) is 1. The number of hydrogen-bond donors (Lipinski definition) is 1. The van der Waals surface area contributed by atoms with Crippen molar-refractivity contribution >= 4 is 22.6 Å². The maximum Gasteiger partial charge on any atom is 0.0544 e. The Bertz CT molecular complexity index is 371. The Morgan fingerprint density at radius 1 is 1.33 bits per heavy atom. The molecule has 0 aromatic heterocycles. The highest BCUT2D eigenvalue weighted by molar-refractivity contribution is 14.1. The van der Waals surface area contributed by atoms with E-state index >= 15 is 0 Å². The summed E-state index contributed by atoms with van der Waals surface area (Å²) in [6.45, 7) is 0. The summed E-state index contributed by atoms with van der Waals surface area (Å²) in [5.41, 5.74) is 2.97. The Hall–Kier alpha value is -0.350. The van der Waals surface area contributed by atoms with E-state index in [2.05, 4.69) is 58.2 Å². The van der Waals surface area contributed by atoms with Gasteiger partial charge in [0.2, 0.25) is 0 Å². The lowest BCUT2D eigenvalue weighted by atomic mass is 9.98. The summed E-state index contributed by atoms with van der Waals surface area (Å²) in [5.74, 6) is 0. The van der Waals surface area contributed by atoms with E-state index < -0.39 is 0 Å². The van der Waals surface area contributed by atoms with Crippen LogP contribution in [0.1, 0.15) is 30.9 Å². The molecule has 1 nitrogen and oxygen atoms in total. The lowest BCUT2D eigenvalue weighted by molar-refractivity contribution is 0.653. The van der Waals surface area contributed by atoms with Crippen molar-refractivity contribution in [2.24, 2.45) is 0 Å². The zero-order valence-corrected chi connectivity index (χ0v) is 11.1. The van der Waals surface area contributed by atoms with Gasteiger partial charge in [-0.2, -0.15) is 0 Å². The summed E-state index contributed by atoms with van der Waals surface area (Å²) in [7, 11) is 2.05. The summed E-state index contributed by atoms with van der Waals surface area (Å²) in [6.07, 6.45) is 6.20. The van der Waals surface area contributed by atoms with Gasteiger partial charge in [-0.05, 0) is 60.5 Å². The fourth-order valence-corrected chi connectivity index (χ4v) is 2.91. The molecule has 0 aliphatic heterocycles. The molecule has 1 N–H and O–H groups in total. The van der Waals surface area contributed by atoms with Gasteiger partial charge in [-0.25, -0.2) is 0 Å².